The number of benzene rings is 1. The number of aryl methyl sites for hydroxylation is 2. The molecule has 1 aliphatic rings. The van der Waals surface area contributed by atoms with Crippen LogP contribution in [0.4, 0.5) is 5.69 Å². The van der Waals surface area contributed by atoms with Crippen molar-refractivity contribution in [1.82, 2.24) is 0 Å². The van der Waals surface area contributed by atoms with E-state index in [1.807, 2.05) is 32.0 Å². The molecule has 1 aliphatic heterocycles. The number of sulfone groups is 1. The van der Waals surface area contributed by atoms with E-state index >= 15 is 0 Å². The zero-order valence-corrected chi connectivity index (χ0v) is 13.0. The maximum atomic E-state index is 12.2. The van der Waals surface area contributed by atoms with Crippen molar-refractivity contribution in [3.8, 4) is 0 Å². The highest BCUT2D eigenvalue weighted by Crippen LogP contribution is 2.27. The highest BCUT2D eigenvalue weighted by Gasteiger charge is 2.35. The third kappa shape index (κ3) is 3.03. The number of carbonyl (C=O) groups is 1. The smallest absolute Gasteiger partial charge is 0.226 e. The third-order valence-electron chi connectivity index (χ3n) is 3.91. The molecule has 110 valence electrons. The van der Waals surface area contributed by atoms with Crippen molar-refractivity contribution in [3.05, 3.63) is 29.3 Å². The van der Waals surface area contributed by atoms with Gasteiger partial charge in [-0.2, -0.15) is 0 Å². The normalized spacial score (nSPS) is 20.9. The highest BCUT2D eigenvalue weighted by atomic mass is 32.2. The van der Waals surface area contributed by atoms with E-state index in [4.69, 9.17) is 0 Å². The fraction of sp³-hybridized carbons (Fsp3) is 0.533. The molecule has 0 radical (unpaired) electrons. The molecule has 0 saturated carbocycles. The maximum absolute atomic E-state index is 12.2. The molecule has 0 N–H and O–H groups in total. The summed E-state index contributed by atoms with van der Waals surface area (Å²) in [5.74, 6) is 0.233. The maximum Gasteiger partial charge on any atom is 0.226 e. The van der Waals surface area contributed by atoms with Crippen LogP contribution in [0.2, 0.25) is 0 Å². The van der Waals surface area contributed by atoms with Gasteiger partial charge in [0.2, 0.25) is 5.91 Å². The van der Waals surface area contributed by atoms with E-state index < -0.39 is 9.84 Å². The lowest BCUT2D eigenvalue weighted by atomic mass is 10.1. The summed E-state index contributed by atoms with van der Waals surface area (Å²) in [6.45, 7) is 5.82. The van der Waals surface area contributed by atoms with Gasteiger partial charge in [-0.3, -0.25) is 4.79 Å². The van der Waals surface area contributed by atoms with Gasteiger partial charge in [0.15, 0.2) is 9.84 Å². The quantitative estimate of drug-likeness (QED) is 0.859. The predicted octanol–water partition coefficient (Wildman–Crippen LogP) is 2.23. The van der Waals surface area contributed by atoms with E-state index in [0.29, 0.717) is 12.8 Å². The molecule has 2 rings (SSSR count). The average molecular weight is 295 g/mol. The molecule has 5 heteroatoms. The van der Waals surface area contributed by atoms with Gasteiger partial charge in [-0.1, -0.05) is 13.0 Å². The highest BCUT2D eigenvalue weighted by molar-refractivity contribution is 7.91. The second-order valence-electron chi connectivity index (χ2n) is 5.44. The van der Waals surface area contributed by atoms with Crippen LogP contribution in [0.25, 0.3) is 0 Å². The van der Waals surface area contributed by atoms with E-state index in [2.05, 4.69) is 0 Å². The molecule has 0 spiro atoms. The fourth-order valence-corrected chi connectivity index (χ4v) is 4.28. The van der Waals surface area contributed by atoms with Crippen molar-refractivity contribution in [2.45, 2.75) is 39.7 Å². The van der Waals surface area contributed by atoms with Gasteiger partial charge in [-0.15, -0.1) is 0 Å². The minimum Gasteiger partial charge on any atom is -0.308 e. The van der Waals surface area contributed by atoms with E-state index in [1.165, 1.54) is 0 Å². The van der Waals surface area contributed by atoms with Crippen LogP contribution >= 0.6 is 0 Å². The van der Waals surface area contributed by atoms with Crippen LogP contribution in [0.1, 0.15) is 30.9 Å². The molecule has 1 aromatic carbocycles. The zero-order valence-electron chi connectivity index (χ0n) is 12.2. The minimum atomic E-state index is -3.00. The van der Waals surface area contributed by atoms with Gasteiger partial charge in [-0.05, 0) is 43.5 Å². The van der Waals surface area contributed by atoms with Crippen molar-refractivity contribution in [2.24, 2.45) is 0 Å². The largest absolute Gasteiger partial charge is 0.308 e. The van der Waals surface area contributed by atoms with Gasteiger partial charge < -0.3 is 4.90 Å². The summed E-state index contributed by atoms with van der Waals surface area (Å²) >= 11 is 0. The molecular weight excluding hydrogens is 274 g/mol. The molecule has 0 bridgehead atoms. The molecule has 1 saturated heterocycles. The molecule has 1 aromatic rings. The Balaban J connectivity index is 2.38. The Morgan fingerprint density at radius 1 is 1.30 bits per heavy atom. The summed E-state index contributed by atoms with van der Waals surface area (Å²) in [6, 6.07) is 5.62. The molecule has 4 nitrogen and oxygen atoms in total. The number of hydrogen-bond donors (Lipinski definition) is 0. The molecule has 1 heterocycles. The number of carbonyl (C=O) groups excluding carboxylic acids is 1. The van der Waals surface area contributed by atoms with E-state index in [-0.39, 0.29) is 23.5 Å². The molecule has 1 fully saturated rings. The van der Waals surface area contributed by atoms with Crippen molar-refractivity contribution < 1.29 is 13.2 Å². The number of rotatable bonds is 3. The minimum absolute atomic E-state index is 0.0182. The molecule has 0 aromatic heterocycles. The SMILES string of the molecule is CCC(=O)N(c1ccc(C)c(C)c1)C1CCS(=O)(=O)C1. The van der Waals surface area contributed by atoms with Crippen molar-refractivity contribution in [2.75, 3.05) is 16.4 Å². The average Bonchev–Trinajstić information content (AvgIpc) is 2.74. The summed E-state index contributed by atoms with van der Waals surface area (Å²) in [6.07, 6.45) is 0.907. The van der Waals surface area contributed by atoms with Crippen molar-refractivity contribution >= 4 is 21.4 Å². The molecule has 1 unspecified atom stereocenters. The molecule has 20 heavy (non-hydrogen) atoms. The summed E-state index contributed by atoms with van der Waals surface area (Å²) in [4.78, 5) is 13.9. The monoisotopic (exact) mass is 295 g/mol. The van der Waals surface area contributed by atoms with Crippen molar-refractivity contribution in [1.29, 1.82) is 0 Å². The van der Waals surface area contributed by atoms with Crippen LogP contribution in [-0.4, -0.2) is 31.9 Å². The van der Waals surface area contributed by atoms with Crippen LogP contribution in [0.15, 0.2) is 18.2 Å². The van der Waals surface area contributed by atoms with Crippen LogP contribution in [0, 0.1) is 13.8 Å². The van der Waals surface area contributed by atoms with Gasteiger partial charge in [-0.25, -0.2) is 8.42 Å². The summed E-state index contributed by atoms with van der Waals surface area (Å²) in [5, 5.41) is 0. The lowest BCUT2D eigenvalue weighted by Gasteiger charge is -2.28. The first kappa shape index (κ1) is 15.0. The number of amides is 1. The Labute approximate surface area is 120 Å². The zero-order chi connectivity index (χ0) is 14.9. The second-order valence-corrected chi connectivity index (χ2v) is 7.67. The van der Waals surface area contributed by atoms with Gasteiger partial charge in [0.1, 0.15) is 0 Å². The topological polar surface area (TPSA) is 54.5 Å². The standard InChI is InChI=1S/C15H21NO3S/c1-4-15(17)16(14-7-8-20(18,19)10-14)13-6-5-11(2)12(3)9-13/h5-6,9,14H,4,7-8,10H2,1-3H3. The van der Waals surface area contributed by atoms with Gasteiger partial charge in [0.05, 0.1) is 17.5 Å². The second kappa shape index (κ2) is 5.56. The van der Waals surface area contributed by atoms with Gasteiger partial charge in [0.25, 0.3) is 0 Å². The third-order valence-corrected chi connectivity index (χ3v) is 5.66. The lowest BCUT2D eigenvalue weighted by Crippen LogP contribution is -2.41. The summed E-state index contributed by atoms with van der Waals surface area (Å²) in [7, 11) is -3.00. The Morgan fingerprint density at radius 2 is 2.00 bits per heavy atom. The first-order valence-corrected chi connectivity index (χ1v) is 8.76. The first-order chi connectivity index (χ1) is 9.34. The number of anilines is 1. The van der Waals surface area contributed by atoms with Crippen LogP contribution in [-0.2, 0) is 14.6 Å². The molecule has 1 amide bonds. The summed E-state index contributed by atoms with van der Waals surface area (Å²) in [5.41, 5.74) is 3.08. The van der Waals surface area contributed by atoms with Crippen molar-refractivity contribution in [3.63, 3.8) is 0 Å². The number of nitrogens with zero attached hydrogens (tertiary/aromatic N) is 1. The predicted molar refractivity (Wildman–Crippen MR) is 80.8 cm³/mol. The van der Waals surface area contributed by atoms with E-state index in [0.717, 1.165) is 16.8 Å². The molecule has 1 atom stereocenters. The van der Waals surface area contributed by atoms with E-state index in [1.54, 1.807) is 11.8 Å². The lowest BCUT2D eigenvalue weighted by molar-refractivity contribution is -0.118. The fourth-order valence-electron chi connectivity index (χ4n) is 2.58. The number of hydrogen-bond acceptors (Lipinski definition) is 3. The van der Waals surface area contributed by atoms with E-state index in [9.17, 15) is 13.2 Å². The summed E-state index contributed by atoms with van der Waals surface area (Å²) < 4.78 is 23.3. The molecule has 0 aliphatic carbocycles. The van der Waals surface area contributed by atoms with Gasteiger partial charge in [0, 0.05) is 12.1 Å². The van der Waals surface area contributed by atoms with Crippen LogP contribution < -0.4 is 4.90 Å². The Bertz CT molecular complexity index is 622. The molecular formula is C15H21NO3S. The first-order valence-electron chi connectivity index (χ1n) is 6.94. The van der Waals surface area contributed by atoms with Crippen LogP contribution in [0.5, 0.6) is 0 Å². The van der Waals surface area contributed by atoms with Gasteiger partial charge >= 0.3 is 0 Å². The Morgan fingerprint density at radius 3 is 2.50 bits per heavy atom. The Kier molecular flexibility index (Phi) is 4.18. The van der Waals surface area contributed by atoms with Crippen LogP contribution in [0.3, 0.4) is 0 Å². The Hall–Kier alpha value is -1.36.